The second-order valence-corrected chi connectivity index (χ2v) is 23.7. The van der Waals surface area contributed by atoms with E-state index < -0.39 is 86.3 Å². The molecule has 1 aliphatic rings. The second kappa shape index (κ2) is 24.9. The first-order valence-electron chi connectivity index (χ1n) is 17.7. The maximum absolute atomic E-state index is 12.1. The number of aliphatic hydroxyl groups is 1. The minimum atomic E-state index is -6.38. The molecule has 59 heavy (non-hydrogen) atoms. The summed E-state index contributed by atoms with van der Waals surface area (Å²) in [5, 5.41) is 18.0. The van der Waals surface area contributed by atoms with E-state index in [4.69, 9.17) is 9.26 Å². The number of hydrogen-bond donors (Lipinski definition) is 8. The van der Waals surface area contributed by atoms with Gasteiger partial charge in [0.1, 0.15) is 6.10 Å². The second-order valence-electron chi connectivity index (χ2n) is 12.7. The number of phosphoric acid groups is 7. The Morgan fingerprint density at radius 2 is 1.05 bits per heavy atom. The van der Waals surface area contributed by atoms with Crippen molar-refractivity contribution in [2.24, 2.45) is 0 Å². The molecular weight excluding hydrogens is 947 g/mol. The van der Waals surface area contributed by atoms with Gasteiger partial charge in [-0.25, -0.2) is 32.0 Å². The van der Waals surface area contributed by atoms with Crippen LogP contribution in [0.15, 0.2) is 6.20 Å². The lowest BCUT2D eigenvalue weighted by Gasteiger charge is -2.21. The van der Waals surface area contributed by atoms with Gasteiger partial charge in [-0.2, -0.15) is 21.6 Å². The number of phosphoric ester groups is 3. The van der Waals surface area contributed by atoms with Gasteiger partial charge in [0.25, 0.3) is 0 Å². The average Bonchev–Trinajstić information content (AvgIpc) is 3.65. The molecule has 8 N–H and O–H groups in total. The van der Waals surface area contributed by atoms with Crippen LogP contribution in [-0.4, -0.2) is 99.6 Å². The molecule has 0 radical (unpaired) electrons. The molecule has 35 heteroatoms. The lowest BCUT2D eigenvalue weighted by molar-refractivity contribution is -0.0167. The summed E-state index contributed by atoms with van der Waals surface area (Å²) in [7, 11) is -39.0. The number of rotatable bonds is 33. The summed E-state index contributed by atoms with van der Waals surface area (Å²) in [6.45, 7) is 1.00. The normalized spacial score (nSPS) is 24.5. The maximum Gasteiger partial charge on any atom is 0.490 e. The van der Waals surface area contributed by atoms with Crippen LogP contribution in [0.5, 0.6) is 0 Å². The maximum atomic E-state index is 12.1. The van der Waals surface area contributed by atoms with E-state index >= 15 is 0 Å². The number of aryl methyl sites for hydroxylation is 2. The predicted octanol–water partition coefficient (Wildman–Crippen LogP) is 5.13. The minimum Gasteiger partial charge on any atom is -0.390 e. The van der Waals surface area contributed by atoms with E-state index in [9.17, 15) is 71.3 Å². The fraction of sp³-hybridized carbons (Fsp3) is 0.917. The molecule has 0 saturated carbocycles. The van der Waals surface area contributed by atoms with Gasteiger partial charge in [-0.1, -0.05) is 50.2 Å². The van der Waals surface area contributed by atoms with Gasteiger partial charge in [-0.05, 0) is 39.0 Å². The molecule has 1 saturated heterocycles. The summed E-state index contributed by atoms with van der Waals surface area (Å²) < 4.78 is 127. The zero-order chi connectivity index (χ0) is 44.6. The van der Waals surface area contributed by atoms with Gasteiger partial charge >= 0.3 is 54.8 Å². The van der Waals surface area contributed by atoms with Gasteiger partial charge in [0.2, 0.25) is 0 Å². The molecule has 348 valence electrons. The zero-order valence-electron chi connectivity index (χ0n) is 31.8. The average molecular weight is 999 g/mol. The van der Waals surface area contributed by atoms with E-state index in [-0.39, 0.29) is 19.4 Å². The van der Waals surface area contributed by atoms with Gasteiger partial charge in [0.15, 0.2) is 0 Å². The number of unbranched alkanes of at least 4 members (excludes halogenated alkanes) is 9. The molecule has 0 bridgehead atoms. The van der Waals surface area contributed by atoms with Crippen LogP contribution in [0.3, 0.4) is 0 Å². The molecule has 0 aliphatic carbocycles. The Kier molecular flexibility index (Phi) is 23.3. The summed E-state index contributed by atoms with van der Waals surface area (Å²) in [5.41, 5.74) is 0.806. The molecule has 28 nitrogen and oxygen atoms in total. The Balaban J connectivity index is 1.59. The number of aliphatic hydroxyl groups excluding tert-OH is 1. The third-order valence-electron chi connectivity index (χ3n) is 7.53. The van der Waals surface area contributed by atoms with Gasteiger partial charge in [-0.15, -0.1) is 5.10 Å². The SMILES string of the molecule is COP(=O)(O)OCCCCc1cn(CCCCCCCCCCCOP(=O)(O)OP(=O)(O)OP(=O)(O)OP(=O)(O)OP(=O)(O)OP(=O)(O)OCC2OC(C)CC2O)nn1. The van der Waals surface area contributed by atoms with Crippen LogP contribution in [0.1, 0.15) is 89.7 Å². The van der Waals surface area contributed by atoms with Crippen LogP contribution in [0.2, 0.25) is 0 Å². The van der Waals surface area contributed by atoms with Crippen molar-refractivity contribution in [3.8, 4) is 0 Å². The first-order valence-corrected chi connectivity index (χ1v) is 28.2. The molecule has 1 aromatic rings. The van der Waals surface area contributed by atoms with Crippen LogP contribution in [0, 0.1) is 0 Å². The Labute approximate surface area is 339 Å². The lowest BCUT2D eigenvalue weighted by Crippen LogP contribution is -2.26. The largest absolute Gasteiger partial charge is 0.490 e. The van der Waals surface area contributed by atoms with Gasteiger partial charge in [0, 0.05) is 26.3 Å². The molecule has 2 rings (SSSR count). The summed E-state index contributed by atoms with van der Waals surface area (Å²) in [6, 6.07) is 0. The van der Waals surface area contributed by atoms with Crippen LogP contribution in [0.4, 0.5) is 0 Å². The van der Waals surface area contributed by atoms with Crippen molar-refractivity contribution >= 4 is 54.8 Å². The number of nitrogens with zero attached hydrogens (tertiary/aromatic N) is 3. The third-order valence-corrected chi connectivity index (χ3v) is 17.7. The first kappa shape index (κ1) is 55.2. The summed E-state index contributed by atoms with van der Waals surface area (Å²) in [6.07, 6.45) is 8.04. The molecule has 1 aliphatic heterocycles. The van der Waals surface area contributed by atoms with Crippen molar-refractivity contribution in [1.29, 1.82) is 0 Å². The molecule has 1 aromatic heterocycles. The van der Waals surface area contributed by atoms with Crippen molar-refractivity contribution in [2.45, 2.75) is 115 Å². The van der Waals surface area contributed by atoms with Crippen LogP contribution in [0.25, 0.3) is 0 Å². The number of aromatic nitrogens is 3. The van der Waals surface area contributed by atoms with Gasteiger partial charge in [0.05, 0.1) is 37.7 Å². The Hall–Kier alpha value is 0.0300. The fourth-order valence-electron chi connectivity index (χ4n) is 5.01. The monoisotopic (exact) mass is 999 g/mol. The molecule has 10 atom stereocenters. The highest BCUT2D eigenvalue weighted by Gasteiger charge is 2.49. The van der Waals surface area contributed by atoms with Crippen LogP contribution in [-0.2, 0) is 89.3 Å². The summed E-state index contributed by atoms with van der Waals surface area (Å²) in [5.74, 6) is 0. The number of ether oxygens (including phenoxy) is 1. The molecule has 2 heterocycles. The minimum absolute atomic E-state index is 0.0880. The highest BCUT2D eigenvalue weighted by Crippen LogP contribution is 2.75. The number of hydrogen-bond acceptors (Lipinski definition) is 20. The van der Waals surface area contributed by atoms with Gasteiger partial charge in [-0.3, -0.25) is 22.8 Å². The van der Waals surface area contributed by atoms with E-state index in [1.54, 1.807) is 11.6 Å². The predicted molar refractivity (Wildman–Crippen MR) is 199 cm³/mol. The van der Waals surface area contributed by atoms with Crippen molar-refractivity contribution in [1.82, 2.24) is 15.0 Å². The highest BCUT2D eigenvalue weighted by molar-refractivity contribution is 7.72. The molecule has 0 spiro atoms. The molecule has 0 amide bonds. The third kappa shape index (κ3) is 25.2. The smallest absolute Gasteiger partial charge is 0.390 e. The van der Waals surface area contributed by atoms with Crippen molar-refractivity contribution < 1.29 is 116 Å². The standard InChI is InChI=1S/C24H52N3O25P7/c1-21-18-23(28)24(47-21)20-46-55(33,34)49-57(37,38)51-59(41,42)52-58(39,40)50-56(35,36)48-54(31,32)45-16-12-9-7-5-3-4-6-8-11-15-27-19-22(25-26-27)14-10-13-17-44-53(29,30)43-2/h19,21,23-24,28H,3-18,20H2,1-2H3,(H,29,30)(H,31,32)(H,33,34)(H,35,36)(H,37,38)(H,39,40)(H,41,42). The van der Waals surface area contributed by atoms with Gasteiger partial charge < -0.3 is 44.1 Å². The van der Waals surface area contributed by atoms with E-state index in [1.807, 2.05) is 6.20 Å². The topological polar surface area (TPSA) is 404 Å². The quantitative estimate of drug-likeness (QED) is 0.0334. The Bertz CT molecular complexity index is 1780. The molecule has 1 fully saturated rings. The Morgan fingerprint density at radius 1 is 0.627 bits per heavy atom. The van der Waals surface area contributed by atoms with E-state index in [2.05, 4.69) is 45.4 Å². The van der Waals surface area contributed by atoms with Crippen LogP contribution < -0.4 is 0 Å². The lowest BCUT2D eigenvalue weighted by atomic mass is 10.1. The zero-order valence-corrected chi connectivity index (χ0v) is 38.1. The summed E-state index contributed by atoms with van der Waals surface area (Å²) >= 11 is 0. The molecule has 0 aromatic carbocycles. The molecular formula is C24H52N3O25P7. The van der Waals surface area contributed by atoms with Crippen molar-refractivity contribution in [2.75, 3.05) is 26.9 Å². The van der Waals surface area contributed by atoms with Crippen molar-refractivity contribution in [3.63, 3.8) is 0 Å². The van der Waals surface area contributed by atoms with Crippen LogP contribution >= 0.6 is 54.8 Å². The van der Waals surface area contributed by atoms with E-state index in [0.717, 1.165) is 51.3 Å². The fourth-order valence-corrected chi connectivity index (χ4v) is 13.3. The molecule has 10 unspecified atom stereocenters. The summed E-state index contributed by atoms with van der Waals surface area (Å²) in [4.78, 5) is 67.0. The highest BCUT2D eigenvalue weighted by atomic mass is 31.3. The van der Waals surface area contributed by atoms with E-state index in [0.29, 0.717) is 38.6 Å². The van der Waals surface area contributed by atoms with Crippen molar-refractivity contribution in [3.05, 3.63) is 11.9 Å². The Morgan fingerprint density at radius 3 is 1.53 bits per heavy atom. The van der Waals surface area contributed by atoms with E-state index in [1.165, 1.54) is 0 Å². The first-order chi connectivity index (χ1) is 27.1.